The topological polar surface area (TPSA) is 17.3 Å². The van der Waals surface area contributed by atoms with E-state index in [9.17, 15) is 4.39 Å². The number of pyridine rings is 1. The molecular formula is C11H15FN3+. The van der Waals surface area contributed by atoms with Gasteiger partial charge in [0.25, 0.3) is 0 Å². The van der Waals surface area contributed by atoms with Crippen molar-refractivity contribution in [1.29, 1.82) is 0 Å². The van der Waals surface area contributed by atoms with Crippen LogP contribution in [0.4, 0.5) is 4.39 Å². The van der Waals surface area contributed by atoms with Crippen LogP contribution in [0.3, 0.4) is 0 Å². The molecule has 2 aromatic rings. The lowest BCUT2D eigenvalue weighted by molar-refractivity contribution is -0.884. The van der Waals surface area contributed by atoms with Crippen LogP contribution in [-0.4, -0.2) is 35.0 Å². The fourth-order valence-electron chi connectivity index (χ4n) is 1.61. The molecule has 0 fully saturated rings. The average Bonchev–Trinajstić information content (AvgIpc) is 2.46. The molecule has 2 rings (SSSR count). The Balaban J connectivity index is 2.48. The van der Waals surface area contributed by atoms with Gasteiger partial charge in [0.15, 0.2) is 0 Å². The summed E-state index contributed by atoms with van der Waals surface area (Å²) in [4.78, 5) is 4.23. The van der Waals surface area contributed by atoms with E-state index in [1.165, 1.54) is 12.3 Å². The van der Waals surface area contributed by atoms with Crippen molar-refractivity contribution in [3.63, 3.8) is 0 Å². The standard InChI is InChI=1S/C11H15FN3/c1-15(2,3)8-10-6-13-11-5-4-9(12)7-14(10)11/h4-7H,8H2,1-3H3/q+1. The molecule has 0 saturated carbocycles. The first-order valence-electron chi connectivity index (χ1n) is 4.88. The summed E-state index contributed by atoms with van der Waals surface area (Å²) in [5.74, 6) is -0.233. The summed E-state index contributed by atoms with van der Waals surface area (Å²) in [5.41, 5.74) is 1.82. The van der Waals surface area contributed by atoms with Crippen LogP contribution in [0.15, 0.2) is 24.5 Å². The van der Waals surface area contributed by atoms with Gasteiger partial charge < -0.3 is 4.48 Å². The summed E-state index contributed by atoms with van der Waals surface area (Å²) >= 11 is 0. The predicted molar refractivity (Wildman–Crippen MR) is 56.9 cm³/mol. The molecule has 15 heavy (non-hydrogen) atoms. The van der Waals surface area contributed by atoms with E-state index in [2.05, 4.69) is 26.1 Å². The van der Waals surface area contributed by atoms with Crippen molar-refractivity contribution in [1.82, 2.24) is 9.38 Å². The third-order valence-electron chi connectivity index (χ3n) is 2.18. The molecule has 2 aromatic heterocycles. The molecule has 0 spiro atoms. The zero-order chi connectivity index (χ0) is 11.1. The van der Waals surface area contributed by atoms with Gasteiger partial charge in [0.2, 0.25) is 0 Å². The smallest absolute Gasteiger partial charge is 0.139 e. The quantitative estimate of drug-likeness (QED) is 0.686. The number of quaternary nitrogens is 1. The Kier molecular flexibility index (Phi) is 2.23. The SMILES string of the molecule is C[N+](C)(C)Cc1cnc2ccc(F)cn12. The number of imidazole rings is 1. The molecule has 0 atom stereocenters. The number of hydrogen-bond donors (Lipinski definition) is 0. The van der Waals surface area contributed by atoms with Crippen molar-refractivity contribution < 1.29 is 8.87 Å². The molecule has 0 aliphatic carbocycles. The van der Waals surface area contributed by atoms with Gasteiger partial charge in [0.1, 0.15) is 18.0 Å². The Hall–Kier alpha value is -1.42. The van der Waals surface area contributed by atoms with E-state index >= 15 is 0 Å². The van der Waals surface area contributed by atoms with Gasteiger partial charge in [-0.25, -0.2) is 9.37 Å². The van der Waals surface area contributed by atoms with Gasteiger partial charge in [0.05, 0.1) is 33.0 Å². The Labute approximate surface area is 88.4 Å². The van der Waals surface area contributed by atoms with Crippen molar-refractivity contribution in [2.24, 2.45) is 0 Å². The van der Waals surface area contributed by atoms with Crippen molar-refractivity contribution in [3.05, 3.63) is 36.0 Å². The third-order valence-corrected chi connectivity index (χ3v) is 2.18. The second-order valence-electron chi connectivity index (χ2n) is 4.77. The van der Waals surface area contributed by atoms with Gasteiger partial charge in [-0.15, -0.1) is 0 Å². The molecule has 2 heterocycles. The maximum absolute atomic E-state index is 13.1. The summed E-state index contributed by atoms with van der Waals surface area (Å²) in [7, 11) is 6.29. The molecule has 0 unspecified atom stereocenters. The van der Waals surface area contributed by atoms with E-state index in [4.69, 9.17) is 0 Å². The van der Waals surface area contributed by atoms with Gasteiger partial charge in [-0.05, 0) is 12.1 Å². The number of rotatable bonds is 2. The highest BCUT2D eigenvalue weighted by atomic mass is 19.1. The molecule has 0 N–H and O–H groups in total. The monoisotopic (exact) mass is 208 g/mol. The maximum Gasteiger partial charge on any atom is 0.139 e. The first kappa shape index (κ1) is 10.1. The Morgan fingerprint density at radius 3 is 2.73 bits per heavy atom. The highest BCUT2D eigenvalue weighted by Crippen LogP contribution is 2.11. The largest absolute Gasteiger partial charge is 0.326 e. The van der Waals surface area contributed by atoms with Crippen LogP contribution in [0, 0.1) is 5.82 Å². The van der Waals surface area contributed by atoms with Crippen LogP contribution in [0.1, 0.15) is 5.69 Å². The second kappa shape index (κ2) is 3.31. The van der Waals surface area contributed by atoms with E-state index in [0.29, 0.717) is 0 Å². The number of nitrogens with zero attached hydrogens (tertiary/aromatic N) is 3. The lowest BCUT2D eigenvalue weighted by Gasteiger charge is -2.23. The van der Waals surface area contributed by atoms with Crippen molar-refractivity contribution in [2.45, 2.75) is 6.54 Å². The van der Waals surface area contributed by atoms with Gasteiger partial charge in [-0.2, -0.15) is 0 Å². The lowest BCUT2D eigenvalue weighted by atomic mass is 10.4. The van der Waals surface area contributed by atoms with E-state index < -0.39 is 0 Å². The van der Waals surface area contributed by atoms with Crippen LogP contribution >= 0.6 is 0 Å². The summed E-state index contributed by atoms with van der Waals surface area (Å²) in [5, 5.41) is 0. The van der Waals surface area contributed by atoms with Crippen LogP contribution in [0.2, 0.25) is 0 Å². The highest BCUT2D eigenvalue weighted by Gasteiger charge is 2.12. The Morgan fingerprint density at radius 1 is 1.33 bits per heavy atom. The highest BCUT2D eigenvalue weighted by molar-refractivity contribution is 5.39. The zero-order valence-corrected chi connectivity index (χ0v) is 9.24. The average molecular weight is 208 g/mol. The number of hydrogen-bond acceptors (Lipinski definition) is 1. The van der Waals surface area contributed by atoms with Crippen LogP contribution in [-0.2, 0) is 6.54 Å². The molecule has 0 aliphatic rings. The van der Waals surface area contributed by atoms with Crippen LogP contribution < -0.4 is 0 Å². The molecular weight excluding hydrogens is 193 g/mol. The molecule has 0 amide bonds. The van der Waals surface area contributed by atoms with Crippen molar-refractivity contribution >= 4 is 5.65 Å². The van der Waals surface area contributed by atoms with E-state index in [-0.39, 0.29) is 5.82 Å². The Morgan fingerprint density at radius 2 is 2.07 bits per heavy atom. The summed E-state index contributed by atoms with van der Waals surface area (Å²) in [6.45, 7) is 0.824. The number of fused-ring (bicyclic) bond motifs is 1. The fraction of sp³-hybridized carbons (Fsp3) is 0.364. The molecule has 4 heteroatoms. The first-order chi connectivity index (χ1) is 6.96. The lowest BCUT2D eigenvalue weighted by Crippen LogP contribution is -2.33. The predicted octanol–water partition coefficient (Wildman–Crippen LogP) is 1.68. The minimum absolute atomic E-state index is 0.233. The normalized spacial score (nSPS) is 12.3. The number of aromatic nitrogens is 2. The summed E-state index contributed by atoms with van der Waals surface area (Å²) in [6, 6.07) is 3.12. The fourth-order valence-corrected chi connectivity index (χ4v) is 1.61. The molecule has 0 saturated heterocycles. The van der Waals surface area contributed by atoms with Gasteiger partial charge in [0, 0.05) is 6.20 Å². The zero-order valence-electron chi connectivity index (χ0n) is 9.24. The molecule has 0 aromatic carbocycles. The number of halogens is 1. The Bertz CT molecular complexity index is 482. The van der Waals surface area contributed by atoms with Crippen molar-refractivity contribution in [2.75, 3.05) is 21.1 Å². The molecule has 0 radical (unpaired) electrons. The van der Waals surface area contributed by atoms with E-state index in [1.807, 2.05) is 0 Å². The molecule has 80 valence electrons. The van der Waals surface area contributed by atoms with Gasteiger partial charge in [-0.1, -0.05) is 0 Å². The van der Waals surface area contributed by atoms with E-state index in [0.717, 1.165) is 22.4 Å². The van der Waals surface area contributed by atoms with Gasteiger partial charge in [-0.3, -0.25) is 4.40 Å². The molecule has 3 nitrogen and oxygen atoms in total. The minimum Gasteiger partial charge on any atom is -0.326 e. The van der Waals surface area contributed by atoms with Crippen LogP contribution in [0.5, 0.6) is 0 Å². The van der Waals surface area contributed by atoms with Gasteiger partial charge >= 0.3 is 0 Å². The van der Waals surface area contributed by atoms with Crippen LogP contribution in [0.25, 0.3) is 5.65 Å². The third kappa shape index (κ3) is 2.15. The summed E-state index contributed by atoms with van der Waals surface area (Å²) < 4.78 is 15.7. The minimum atomic E-state index is -0.233. The maximum atomic E-state index is 13.1. The summed E-state index contributed by atoms with van der Waals surface area (Å²) in [6.07, 6.45) is 3.28. The second-order valence-corrected chi connectivity index (χ2v) is 4.77. The van der Waals surface area contributed by atoms with Crippen molar-refractivity contribution in [3.8, 4) is 0 Å². The van der Waals surface area contributed by atoms with E-state index in [1.54, 1.807) is 16.7 Å². The first-order valence-corrected chi connectivity index (χ1v) is 4.88. The molecule has 0 aliphatic heterocycles. The molecule has 0 bridgehead atoms.